The highest BCUT2D eigenvalue weighted by atomic mass is 32.2. The first-order chi connectivity index (χ1) is 29.7. The van der Waals surface area contributed by atoms with Crippen LogP contribution in [0.25, 0.3) is 0 Å². The Hall–Kier alpha value is -5.27. The minimum absolute atomic E-state index is 0.0122. The minimum atomic E-state index is -3.79. The van der Waals surface area contributed by atoms with Crippen LogP contribution in [0, 0.1) is 36.4 Å². The first-order valence-corrected chi connectivity index (χ1v) is 23.0. The molecular formula is C45H57FN3O11PS. The Bertz CT molecular complexity index is 2060. The Morgan fingerprint density at radius 2 is 1.44 bits per heavy atom. The normalized spacial score (nSPS) is 13.4. The molecule has 0 aliphatic carbocycles. The number of benzene rings is 4. The van der Waals surface area contributed by atoms with E-state index in [0.717, 1.165) is 42.0 Å². The lowest BCUT2D eigenvalue weighted by molar-refractivity contribution is -0.153. The molecule has 0 radical (unpaired) electrons. The third-order valence-electron chi connectivity index (χ3n) is 8.35. The number of nitroso groups, excluding NO2 is 1. The van der Waals surface area contributed by atoms with E-state index < -0.39 is 41.5 Å². The van der Waals surface area contributed by atoms with E-state index in [1.807, 2.05) is 93.6 Å². The second-order valence-electron chi connectivity index (χ2n) is 14.0. The fraction of sp³-hybridized carbons (Fsp3) is 0.378. The monoisotopic (exact) mass is 897 g/mol. The van der Waals surface area contributed by atoms with Gasteiger partial charge in [-0.2, -0.15) is 4.31 Å². The van der Waals surface area contributed by atoms with Gasteiger partial charge in [-0.05, 0) is 86.6 Å². The lowest BCUT2D eigenvalue weighted by Gasteiger charge is -2.24. The summed E-state index contributed by atoms with van der Waals surface area (Å²) >= 11 is 0. The Morgan fingerprint density at radius 1 is 0.871 bits per heavy atom. The molecule has 1 aliphatic rings. The Kier molecular flexibility index (Phi) is 24.8. The van der Waals surface area contributed by atoms with E-state index in [0.29, 0.717) is 18.7 Å². The molecule has 4 aromatic carbocycles. The van der Waals surface area contributed by atoms with Gasteiger partial charge in [-0.25, -0.2) is 22.4 Å². The van der Waals surface area contributed by atoms with Crippen LogP contribution < -0.4 is 10.1 Å². The van der Waals surface area contributed by atoms with Crippen molar-refractivity contribution in [2.45, 2.75) is 71.2 Å². The van der Waals surface area contributed by atoms with Gasteiger partial charge in [0.15, 0.2) is 12.5 Å². The number of halogens is 1. The van der Waals surface area contributed by atoms with E-state index in [2.05, 4.69) is 23.3 Å². The number of amides is 2. The average molecular weight is 898 g/mol. The van der Waals surface area contributed by atoms with E-state index in [1.165, 1.54) is 36.2 Å². The van der Waals surface area contributed by atoms with Gasteiger partial charge in [-0.15, -0.1) is 17.8 Å². The van der Waals surface area contributed by atoms with Crippen molar-refractivity contribution in [3.63, 3.8) is 0 Å². The van der Waals surface area contributed by atoms with Crippen LogP contribution >= 0.6 is 7.60 Å². The summed E-state index contributed by atoms with van der Waals surface area (Å²) in [5.41, 5.74) is 2.75. The summed E-state index contributed by atoms with van der Waals surface area (Å²) in [5, 5.41) is 4.44. The number of nitrogens with one attached hydrogen (secondary N) is 1. The molecule has 0 aromatic heterocycles. The van der Waals surface area contributed by atoms with Crippen molar-refractivity contribution in [3.8, 4) is 18.6 Å². The van der Waals surface area contributed by atoms with Gasteiger partial charge in [0.25, 0.3) is 0 Å². The van der Waals surface area contributed by atoms with Crippen LogP contribution in [-0.4, -0.2) is 70.0 Å². The van der Waals surface area contributed by atoms with E-state index >= 15 is 0 Å². The van der Waals surface area contributed by atoms with Gasteiger partial charge in [-0.1, -0.05) is 92.2 Å². The summed E-state index contributed by atoms with van der Waals surface area (Å²) in [6, 6.07) is 29.5. The van der Waals surface area contributed by atoms with Crippen molar-refractivity contribution >= 4 is 29.6 Å². The zero-order valence-corrected chi connectivity index (χ0v) is 37.3. The molecule has 62 heavy (non-hydrogen) atoms. The summed E-state index contributed by atoms with van der Waals surface area (Å²) in [7, 11) is -7.54. The number of esters is 1. The summed E-state index contributed by atoms with van der Waals surface area (Å²) < 4.78 is 80.0. The molecule has 5 rings (SSSR count). The zero-order valence-electron chi connectivity index (χ0n) is 35.6. The third-order valence-corrected chi connectivity index (χ3v) is 11.8. The molecule has 17 heteroatoms. The van der Waals surface area contributed by atoms with Crippen LogP contribution in [0.3, 0.4) is 0 Å². The molecule has 14 nitrogen and oxygen atoms in total. The summed E-state index contributed by atoms with van der Waals surface area (Å²) in [5.74, 6) is -0.519. The van der Waals surface area contributed by atoms with Crippen LogP contribution in [0.5, 0.6) is 5.75 Å². The molecule has 2 atom stereocenters. The number of ether oxygens (including phenoxy) is 3. The summed E-state index contributed by atoms with van der Waals surface area (Å²) in [4.78, 5) is 33.1. The number of urea groups is 1. The average Bonchev–Trinajstić information content (AvgIpc) is 3.88. The molecule has 2 amide bonds. The first-order valence-electron chi connectivity index (χ1n) is 19.8. The van der Waals surface area contributed by atoms with Crippen LogP contribution in [0.15, 0.2) is 119 Å². The number of rotatable bonds is 19. The van der Waals surface area contributed by atoms with Gasteiger partial charge in [0, 0.05) is 38.0 Å². The summed E-state index contributed by atoms with van der Waals surface area (Å²) in [6.45, 7) is 9.95. The zero-order chi connectivity index (χ0) is 45.8. The number of aryl methyl sites for hydroxylation is 1. The minimum Gasteiger partial charge on any atom is -0.481 e. The molecule has 4 aromatic rings. The van der Waals surface area contributed by atoms with Crippen LogP contribution in [0.4, 0.5) is 9.18 Å². The van der Waals surface area contributed by atoms with Crippen molar-refractivity contribution in [1.82, 2.24) is 9.62 Å². The lowest BCUT2D eigenvalue weighted by Crippen LogP contribution is -2.36. The fourth-order valence-electron chi connectivity index (χ4n) is 5.23. The van der Waals surface area contributed by atoms with Gasteiger partial charge < -0.3 is 24.1 Å². The molecule has 0 bridgehead atoms. The van der Waals surface area contributed by atoms with Gasteiger partial charge in [-0.3, -0.25) is 9.09 Å². The summed E-state index contributed by atoms with van der Waals surface area (Å²) in [6.07, 6.45) is 9.45. The number of carbonyl (C=O) groups is 2. The van der Waals surface area contributed by atoms with Crippen LogP contribution in [0.2, 0.25) is 0 Å². The smallest absolute Gasteiger partial charge is 0.378 e. The van der Waals surface area contributed by atoms with E-state index in [4.69, 9.17) is 23.3 Å². The molecule has 1 unspecified atom stereocenters. The van der Waals surface area contributed by atoms with Crippen molar-refractivity contribution in [3.05, 3.63) is 137 Å². The van der Waals surface area contributed by atoms with E-state index in [-0.39, 0.29) is 43.5 Å². The second-order valence-corrected chi connectivity index (χ2v) is 17.9. The molecule has 1 heterocycles. The lowest BCUT2D eigenvalue weighted by atomic mass is 10.2. The number of terminal acetylenes is 1. The number of nitrogens with zero attached hydrogens (tertiary/aromatic N) is 2. The predicted molar refractivity (Wildman–Crippen MR) is 236 cm³/mol. The third kappa shape index (κ3) is 21.0. The van der Waals surface area contributed by atoms with Crippen molar-refractivity contribution in [1.29, 1.82) is 0 Å². The molecule has 0 saturated carbocycles. The quantitative estimate of drug-likeness (QED) is 0.0312. The van der Waals surface area contributed by atoms with Crippen molar-refractivity contribution < 1.29 is 50.2 Å². The first kappa shape index (κ1) is 52.9. The van der Waals surface area contributed by atoms with Gasteiger partial charge in [0.1, 0.15) is 18.2 Å². The molecule has 1 fully saturated rings. The maximum absolute atomic E-state index is 13.4. The van der Waals surface area contributed by atoms with Crippen LogP contribution in [0.1, 0.15) is 56.7 Å². The fourth-order valence-corrected chi connectivity index (χ4v) is 8.29. The highest BCUT2D eigenvalue weighted by molar-refractivity contribution is 7.89. The maximum atomic E-state index is 13.4. The Morgan fingerprint density at radius 3 is 1.95 bits per heavy atom. The number of sulfonamides is 1. The predicted octanol–water partition coefficient (Wildman–Crippen LogP) is 9.27. The standard InChI is InChI=1S/C25H27O6P.C14H20FN3O4S.C4H8O.C2H2/c1-20-13-15-24(16-14-20)29-19-32(27,30-18-23-11-7-4-8-12-23)31-21(2)25(26)28-17-22-9-5-3-6-10-22;1-11(2)10-18(9-3-8-16-14(19)17-20)23(21,22)13-6-4-12(15)5-7-13;1-2-4-5-3-1;1-2/h3-16,21H,17-19H2,1-2H3;4-7,11H,3,8-10H2,1-2H3,(H,16,19);1-4H2;1-2H/t21-,32?;;;/m0.../s1. The highest BCUT2D eigenvalue weighted by Gasteiger charge is 2.32. The largest absolute Gasteiger partial charge is 0.481 e. The van der Waals surface area contributed by atoms with Crippen molar-refractivity contribution in [2.24, 2.45) is 11.1 Å². The van der Waals surface area contributed by atoms with E-state index in [1.54, 1.807) is 12.1 Å². The number of carbonyl (C=O) groups excluding carboxylic acids is 2. The SMILES string of the molecule is C#C.C1CCOC1.CC(C)CN(CCCNC(=O)N=O)S(=O)(=O)c1ccc(F)cc1.Cc1ccc(OCP(=O)(OCc2ccccc2)O[C@@H](C)C(=O)OCc2ccccc2)cc1. The molecule has 1 saturated heterocycles. The maximum Gasteiger partial charge on any atom is 0.378 e. The Labute approximate surface area is 365 Å². The van der Waals surface area contributed by atoms with Crippen molar-refractivity contribution in [2.75, 3.05) is 39.2 Å². The highest BCUT2D eigenvalue weighted by Crippen LogP contribution is 2.50. The molecule has 1 N–H and O–H groups in total. The number of hydrogen-bond donors (Lipinski definition) is 1. The van der Waals surface area contributed by atoms with Gasteiger partial charge in [0.2, 0.25) is 10.0 Å². The Balaban J connectivity index is 0.000000384. The van der Waals surface area contributed by atoms with E-state index in [9.17, 15) is 31.9 Å². The van der Waals surface area contributed by atoms with Crippen LogP contribution in [-0.2, 0) is 51.1 Å². The molecular weight excluding hydrogens is 841 g/mol. The molecule has 336 valence electrons. The van der Waals surface area contributed by atoms with Gasteiger partial charge >= 0.3 is 19.6 Å². The molecule has 1 aliphatic heterocycles. The topological polar surface area (TPSA) is 176 Å². The number of hydrogen-bond acceptors (Lipinski definition) is 11. The second kappa shape index (κ2) is 29.1. The van der Waals surface area contributed by atoms with Gasteiger partial charge in [0.05, 0.1) is 11.5 Å². The molecule has 0 spiro atoms.